The van der Waals surface area contributed by atoms with Gasteiger partial charge in [0.2, 0.25) is 0 Å². The lowest BCUT2D eigenvalue weighted by atomic mass is 10.2. The Morgan fingerprint density at radius 1 is 1.42 bits per heavy atom. The lowest BCUT2D eigenvalue weighted by Gasteiger charge is -2.15. The number of aromatic nitrogens is 1. The minimum absolute atomic E-state index is 0.0327. The van der Waals surface area contributed by atoms with Gasteiger partial charge in [0, 0.05) is 12.4 Å². The van der Waals surface area contributed by atoms with Crippen LogP contribution in [0.25, 0.3) is 0 Å². The van der Waals surface area contributed by atoms with Crippen molar-refractivity contribution >= 4 is 23.7 Å². The summed E-state index contributed by atoms with van der Waals surface area (Å²) < 4.78 is 10.9. The van der Waals surface area contributed by atoms with Crippen LogP contribution in [0.5, 0.6) is 11.5 Å². The summed E-state index contributed by atoms with van der Waals surface area (Å²) in [5.41, 5.74) is 3.51. The number of carbonyl (C=O) groups excluding carboxylic acids is 1. The van der Waals surface area contributed by atoms with E-state index in [0.717, 1.165) is 0 Å². The molecule has 1 amide bonds. The highest BCUT2D eigenvalue weighted by atomic mass is 35.5. The zero-order valence-corrected chi connectivity index (χ0v) is 14.4. The quantitative estimate of drug-likeness (QED) is 0.642. The maximum atomic E-state index is 11.9. The van der Waals surface area contributed by atoms with E-state index in [9.17, 15) is 4.79 Å². The van der Waals surface area contributed by atoms with E-state index < -0.39 is 0 Å². The first kappa shape index (κ1) is 17.7. The van der Waals surface area contributed by atoms with Crippen LogP contribution in [-0.2, 0) is 0 Å². The van der Waals surface area contributed by atoms with E-state index in [1.54, 1.807) is 30.5 Å². The first-order valence-corrected chi connectivity index (χ1v) is 7.66. The second-order valence-corrected chi connectivity index (χ2v) is 5.55. The number of hydrogen-bond acceptors (Lipinski definition) is 5. The van der Waals surface area contributed by atoms with Gasteiger partial charge in [0.1, 0.15) is 0 Å². The Labute approximate surface area is 145 Å². The molecule has 0 aliphatic carbocycles. The minimum atomic E-state index is -0.350. The predicted octanol–water partition coefficient (Wildman–Crippen LogP) is 3.29. The Morgan fingerprint density at radius 2 is 2.21 bits per heavy atom. The van der Waals surface area contributed by atoms with Crippen molar-refractivity contribution in [2.24, 2.45) is 5.10 Å². The second-order valence-electron chi connectivity index (χ2n) is 5.14. The van der Waals surface area contributed by atoms with Gasteiger partial charge in [-0.15, -0.1) is 0 Å². The minimum Gasteiger partial charge on any atom is -0.493 e. The molecule has 0 aliphatic rings. The number of ether oxygens (including phenoxy) is 2. The number of amides is 1. The Kier molecular flexibility index (Phi) is 6.14. The number of hydrazone groups is 1. The molecule has 1 aromatic carbocycles. The van der Waals surface area contributed by atoms with Crippen LogP contribution in [0.3, 0.4) is 0 Å². The van der Waals surface area contributed by atoms with E-state index in [0.29, 0.717) is 27.6 Å². The maximum absolute atomic E-state index is 11.9. The van der Waals surface area contributed by atoms with Crippen molar-refractivity contribution in [2.75, 3.05) is 7.11 Å². The highest BCUT2D eigenvalue weighted by Crippen LogP contribution is 2.36. The van der Waals surface area contributed by atoms with E-state index in [-0.39, 0.29) is 12.0 Å². The number of rotatable bonds is 6. The van der Waals surface area contributed by atoms with E-state index in [1.807, 2.05) is 13.8 Å². The molecule has 2 rings (SSSR count). The number of halogens is 1. The first-order valence-electron chi connectivity index (χ1n) is 7.29. The number of nitrogens with zero attached hydrogens (tertiary/aromatic N) is 2. The zero-order chi connectivity index (χ0) is 17.5. The smallest absolute Gasteiger partial charge is 0.272 e. The van der Waals surface area contributed by atoms with Crippen LogP contribution < -0.4 is 14.9 Å². The third kappa shape index (κ3) is 4.70. The molecule has 6 nitrogen and oxygen atoms in total. The van der Waals surface area contributed by atoms with Crippen molar-refractivity contribution in [3.8, 4) is 11.5 Å². The fourth-order valence-electron chi connectivity index (χ4n) is 1.89. The Hall–Kier alpha value is -2.60. The number of carbonyl (C=O) groups is 1. The molecule has 0 saturated carbocycles. The predicted molar refractivity (Wildman–Crippen MR) is 93.1 cm³/mol. The van der Waals surface area contributed by atoms with Crippen molar-refractivity contribution in [1.82, 2.24) is 10.4 Å². The van der Waals surface area contributed by atoms with Gasteiger partial charge in [0.15, 0.2) is 11.5 Å². The molecular weight excluding hydrogens is 330 g/mol. The molecule has 1 N–H and O–H groups in total. The van der Waals surface area contributed by atoms with Crippen LogP contribution in [-0.4, -0.2) is 30.3 Å². The summed E-state index contributed by atoms with van der Waals surface area (Å²) in [6.07, 6.45) is 4.49. The summed E-state index contributed by atoms with van der Waals surface area (Å²) in [6.45, 7) is 3.80. The molecule has 0 aliphatic heterocycles. The van der Waals surface area contributed by atoms with Gasteiger partial charge in [0.25, 0.3) is 5.91 Å². The van der Waals surface area contributed by atoms with E-state index >= 15 is 0 Å². The van der Waals surface area contributed by atoms with Crippen molar-refractivity contribution in [3.05, 3.63) is 52.8 Å². The fourth-order valence-corrected chi connectivity index (χ4v) is 2.16. The lowest BCUT2D eigenvalue weighted by molar-refractivity contribution is 0.0955. The monoisotopic (exact) mass is 347 g/mol. The number of hydrogen-bond donors (Lipinski definition) is 1. The van der Waals surface area contributed by atoms with Crippen LogP contribution in [0.1, 0.15) is 29.8 Å². The standard InChI is InChI=1S/C17H18ClN3O3/c1-11(2)24-16-14(18)7-12(8-15(16)23-3)9-20-21-17(22)13-5-4-6-19-10-13/h4-11H,1-3H3,(H,21,22)/b20-9-. The van der Waals surface area contributed by atoms with Crippen molar-refractivity contribution in [1.29, 1.82) is 0 Å². The normalized spacial score (nSPS) is 10.9. The molecule has 0 unspecified atom stereocenters. The van der Waals surface area contributed by atoms with Gasteiger partial charge in [-0.1, -0.05) is 11.6 Å². The second kappa shape index (κ2) is 8.31. The number of pyridine rings is 1. The van der Waals surface area contributed by atoms with Crippen molar-refractivity contribution in [3.63, 3.8) is 0 Å². The highest BCUT2D eigenvalue weighted by Gasteiger charge is 2.13. The van der Waals surface area contributed by atoms with Crippen LogP contribution in [0.2, 0.25) is 5.02 Å². The van der Waals surface area contributed by atoms with E-state index in [1.165, 1.54) is 19.5 Å². The molecule has 0 radical (unpaired) electrons. The van der Waals surface area contributed by atoms with Crippen LogP contribution in [0.4, 0.5) is 0 Å². The van der Waals surface area contributed by atoms with E-state index in [2.05, 4.69) is 15.5 Å². The molecule has 0 atom stereocenters. The molecule has 0 spiro atoms. The SMILES string of the molecule is COc1cc(/C=N\NC(=O)c2cccnc2)cc(Cl)c1OC(C)C. The maximum Gasteiger partial charge on any atom is 0.272 e. The van der Waals surface area contributed by atoms with E-state index in [4.69, 9.17) is 21.1 Å². The number of benzene rings is 1. The summed E-state index contributed by atoms with van der Waals surface area (Å²) >= 11 is 6.23. The molecule has 0 saturated heterocycles. The third-order valence-corrected chi connectivity index (χ3v) is 3.19. The zero-order valence-electron chi connectivity index (χ0n) is 13.6. The van der Waals surface area contributed by atoms with Crippen LogP contribution >= 0.6 is 11.6 Å². The van der Waals surface area contributed by atoms with Gasteiger partial charge >= 0.3 is 0 Å². The van der Waals surface area contributed by atoms with Crippen molar-refractivity contribution in [2.45, 2.75) is 20.0 Å². The molecule has 126 valence electrons. The molecule has 0 fully saturated rings. The highest BCUT2D eigenvalue weighted by molar-refractivity contribution is 6.32. The molecule has 1 heterocycles. The fraction of sp³-hybridized carbons (Fsp3) is 0.235. The van der Waals surface area contributed by atoms with Gasteiger partial charge in [0.05, 0.1) is 30.0 Å². The molecule has 24 heavy (non-hydrogen) atoms. The Bertz CT molecular complexity index is 733. The van der Waals surface area contributed by atoms with Gasteiger partial charge in [-0.3, -0.25) is 9.78 Å². The Morgan fingerprint density at radius 3 is 2.83 bits per heavy atom. The lowest BCUT2D eigenvalue weighted by Crippen LogP contribution is -2.17. The summed E-state index contributed by atoms with van der Waals surface area (Å²) in [5.74, 6) is 0.624. The molecule has 1 aromatic heterocycles. The van der Waals surface area contributed by atoms with Gasteiger partial charge in [-0.25, -0.2) is 5.43 Å². The molecule has 7 heteroatoms. The average molecular weight is 348 g/mol. The summed E-state index contributed by atoms with van der Waals surface area (Å²) in [4.78, 5) is 15.7. The molecule has 2 aromatic rings. The summed E-state index contributed by atoms with van der Waals surface area (Å²) in [5, 5.41) is 4.32. The topological polar surface area (TPSA) is 72.8 Å². The van der Waals surface area contributed by atoms with Crippen LogP contribution in [0.15, 0.2) is 41.8 Å². The van der Waals surface area contributed by atoms with Crippen molar-refractivity contribution < 1.29 is 14.3 Å². The van der Waals surface area contributed by atoms with Gasteiger partial charge in [-0.05, 0) is 43.7 Å². The van der Waals surface area contributed by atoms with Crippen LogP contribution in [0, 0.1) is 0 Å². The third-order valence-electron chi connectivity index (χ3n) is 2.91. The van der Waals surface area contributed by atoms with Gasteiger partial charge in [-0.2, -0.15) is 5.10 Å². The summed E-state index contributed by atoms with van der Waals surface area (Å²) in [6, 6.07) is 6.73. The Balaban J connectivity index is 2.12. The summed E-state index contributed by atoms with van der Waals surface area (Å²) in [7, 11) is 1.53. The molecule has 0 bridgehead atoms. The average Bonchev–Trinajstić information content (AvgIpc) is 2.57. The first-order chi connectivity index (χ1) is 11.5. The molecular formula is C17H18ClN3O3. The largest absolute Gasteiger partial charge is 0.493 e. The van der Waals surface area contributed by atoms with Gasteiger partial charge < -0.3 is 9.47 Å². The number of methoxy groups -OCH3 is 1. The number of nitrogens with one attached hydrogen (secondary N) is 1.